The zero-order chi connectivity index (χ0) is 13.5. The van der Waals surface area contributed by atoms with Gasteiger partial charge in [0.1, 0.15) is 0 Å². The van der Waals surface area contributed by atoms with Crippen molar-refractivity contribution in [3.05, 3.63) is 0 Å². The monoisotopic (exact) mass is 276 g/mol. The summed E-state index contributed by atoms with van der Waals surface area (Å²) < 4.78 is 60.1. The molecule has 102 valence electrons. The molecule has 0 aliphatic rings. The van der Waals surface area contributed by atoms with Gasteiger partial charge in [0.05, 0.1) is 6.61 Å². The second-order valence-electron chi connectivity index (χ2n) is 3.32. The van der Waals surface area contributed by atoms with Crippen LogP contribution in [0, 0.1) is 5.41 Å². The van der Waals surface area contributed by atoms with Crippen LogP contribution in [0.25, 0.3) is 0 Å². The Morgan fingerprint density at radius 2 is 1.76 bits per heavy atom. The van der Waals surface area contributed by atoms with E-state index in [4.69, 9.17) is 11.1 Å². The Kier molecular flexibility index (Phi) is 6.65. The number of hydrogen-bond acceptors (Lipinski definition) is 5. The SMILES string of the molecule is N=C(CCCN)CCCOS(=O)(=O)C(F)(F)F. The van der Waals surface area contributed by atoms with Gasteiger partial charge in [-0.05, 0) is 32.2 Å². The molecular formula is C8H15F3N2O3S. The van der Waals surface area contributed by atoms with Crippen LogP contribution in [0.5, 0.6) is 0 Å². The van der Waals surface area contributed by atoms with Gasteiger partial charge in [-0.1, -0.05) is 0 Å². The molecule has 0 heterocycles. The first-order valence-corrected chi connectivity index (χ1v) is 6.33. The molecule has 0 unspecified atom stereocenters. The van der Waals surface area contributed by atoms with E-state index in [2.05, 4.69) is 4.18 Å². The van der Waals surface area contributed by atoms with Gasteiger partial charge in [0.2, 0.25) is 0 Å². The van der Waals surface area contributed by atoms with Gasteiger partial charge >= 0.3 is 15.6 Å². The van der Waals surface area contributed by atoms with Crippen LogP contribution in [0.15, 0.2) is 0 Å². The molecule has 5 nitrogen and oxygen atoms in total. The van der Waals surface area contributed by atoms with E-state index in [1.54, 1.807) is 0 Å². The van der Waals surface area contributed by atoms with E-state index in [-0.39, 0.29) is 12.8 Å². The van der Waals surface area contributed by atoms with Crippen LogP contribution in [0.2, 0.25) is 0 Å². The largest absolute Gasteiger partial charge is 0.523 e. The summed E-state index contributed by atoms with van der Waals surface area (Å²) in [7, 11) is -5.50. The smallest absolute Gasteiger partial charge is 0.330 e. The van der Waals surface area contributed by atoms with Gasteiger partial charge in [-0.15, -0.1) is 0 Å². The summed E-state index contributed by atoms with van der Waals surface area (Å²) in [5.74, 6) is 0. The lowest BCUT2D eigenvalue weighted by Gasteiger charge is -2.08. The van der Waals surface area contributed by atoms with E-state index < -0.39 is 22.2 Å². The summed E-state index contributed by atoms with van der Waals surface area (Å²) in [5.41, 5.74) is 0.145. The maximum Gasteiger partial charge on any atom is 0.523 e. The second kappa shape index (κ2) is 6.92. The molecule has 0 bridgehead atoms. The highest BCUT2D eigenvalue weighted by Crippen LogP contribution is 2.24. The summed E-state index contributed by atoms with van der Waals surface area (Å²) in [5, 5.41) is 7.37. The van der Waals surface area contributed by atoms with Crippen molar-refractivity contribution < 1.29 is 25.8 Å². The molecule has 0 radical (unpaired) electrons. The molecule has 0 amide bonds. The third kappa shape index (κ3) is 6.59. The topological polar surface area (TPSA) is 93.2 Å². The molecule has 3 N–H and O–H groups in total. The maximum atomic E-state index is 11.8. The minimum absolute atomic E-state index is 0.0543. The Morgan fingerprint density at radius 1 is 1.24 bits per heavy atom. The predicted octanol–water partition coefficient (Wildman–Crippen LogP) is 1.39. The summed E-state index contributed by atoms with van der Waals surface area (Å²) >= 11 is 0. The Balaban J connectivity index is 3.83. The molecule has 0 rings (SSSR count). The highest BCUT2D eigenvalue weighted by atomic mass is 32.2. The maximum absolute atomic E-state index is 11.8. The number of hydrogen-bond donors (Lipinski definition) is 2. The van der Waals surface area contributed by atoms with Crippen LogP contribution in [0.1, 0.15) is 25.7 Å². The first kappa shape index (κ1) is 16.3. The lowest BCUT2D eigenvalue weighted by Crippen LogP contribution is -2.26. The molecule has 0 aromatic carbocycles. The molecule has 0 fully saturated rings. The lowest BCUT2D eigenvalue weighted by molar-refractivity contribution is -0.0542. The number of nitrogens with one attached hydrogen (secondary N) is 1. The molecule has 0 saturated heterocycles. The number of nitrogens with two attached hydrogens (primary N) is 1. The van der Waals surface area contributed by atoms with Crippen molar-refractivity contribution in [2.24, 2.45) is 5.73 Å². The molecule has 0 aromatic heterocycles. The third-order valence-electron chi connectivity index (χ3n) is 1.83. The molecule has 0 aliphatic heterocycles. The Bertz CT molecular complexity index is 340. The molecule has 17 heavy (non-hydrogen) atoms. The standard InChI is InChI=1S/C8H15F3N2O3S/c9-8(10,11)17(14,15)16-6-2-4-7(13)3-1-5-12/h13H,1-6,12H2. The zero-order valence-corrected chi connectivity index (χ0v) is 9.90. The van der Waals surface area contributed by atoms with Crippen LogP contribution < -0.4 is 5.73 Å². The summed E-state index contributed by atoms with van der Waals surface area (Å²) in [4.78, 5) is 0. The summed E-state index contributed by atoms with van der Waals surface area (Å²) in [6.07, 6.45) is 1.34. The zero-order valence-electron chi connectivity index (χ0n) is 9.09. The van der Waals surface area contributed by atoms with Crippen molar-refractivity contribution in [2.75, 3.05) is 13.2 Å². The number of rotatable bonds is 8. The van der Waals surface area contributed by atoms with Crippen molar-refractivity contribution in [1.29, 1.82) is 5.41 Å². The van der Waals surface area contributed by atoms with Gasteiger partial charge in [-0.25, -0.2) is 0 Å². The molecule has 0 aromatic rings. The molecule has 0 saturated carbocycles. The molecule has 9 heteroatoms. The van der Waals surface area contributed by atoms with Crippen molar-refractivity contribution in [3.63, 3.8) is 0 Å². The molecule has 0 atom stereocenters. The highest BCUT2D eigenvalue weighted by Gasteiger charge is 2.47. The first-order chi connectivity index (χ1) is 7.70. The van der Waals surface area contributed by atoms with Crippen molar-refractivity contribution in [1.82, 2.24) is 0 Å². The van der Waals surface area contributed by atoms with Crippen LogP contribution in [-0.2, 0) is 14.3 Å². The fourth-order valence-electron chi connectivity index (χ4n) is 0.961. The van der Waals surface area contributed by atoms with E-state index >= 15 is 0 Å². The minimum Gasteiger partial charge on any atom is -0.330 e. The highest BCUT2D eigenvalue weighted by molar-refractivity contribution is 7.87. The van der Waals surface area contributed by atoms with Gasteiger partial charge in [0.15, 0.2) is 0 Å². The van der Waals surface area contributed by atoms with Crippen LogP contribution >= 0.6 is 0 Å². The van der Waals surface area contributed by atoms with E-state index in [9.17, 15) is 21.6 Å². The van der Waals surface area contributed by atoms with Crippen LogP contribution in [0.3, 0.4) is 0 Å². The minimum atomic E-state index is -5.50. The fraction of sp³-hybridized carbons (Fsp3) is 0.875. The van der Waals surface area contributed by atoms with E-state index in [0.29, 0.717) is 25.1 Å². The summed E-state index contributed by atoms with van der Waals surface area (Å²) in [6.45, 7) is -0.145. The van der Waals surface area contributed by atoms with Crippen LogP contribution in [0.4, 0.5) is 13.2 Å². The Labute approximate surface area is 97.8 Å². The van der Waals surface area contributed by atoms with Gasteiger partial charge in [0.25, 0.3) is 0 Å². The Hall–Kier alpha value is -0.670. The van der Waals surface area contributed by atoms with Gasteiger partial charge in [-0.2, -0.15) is 21.6 Å². The average molecular weight is 276 g/mol. The van der Waals surface area contributed by atoms with Crippen LogP contribution in [-0.4, -0.2) is 32.8 Å². The lowest BCUT2D eigenvalue weighted by atomic mass is 10.1. The molecule has 0 spiro atoms. The second-order valence-corrected chi connectivity index (χ2v) is 4.93. The van der Waals surface area contributed by atoms with Gasteiger partial charge in [-0.3, -0.25) is 4.18 Å². The Morgan fingerprint density at radius 3 is 2.24 bits per heavy atom. The number of alkyl halides is 3. The van der Waals surface area contributed by atoms with Gasteiger partial charge in [0, 0.05) is 5.71 Å². The fourth-order valence-corrected chi connectivity index (χ4v) is 1.43. The van der Waals surface area contributed by atoms with Crippen molar-refractivity contribution in [3.8, 4) is 0 Å². The summed E-state index contributed by atoms with van der Waals surface area (Å²) in [6, 6.07) is 0. The van der Waals surface area contributed by atoms with Crippen molar-refractivity contribution in [2.45, 2.75) is 31.2 Å². The molecule has 0 aliphatic carbocycles. The van der Waals surface area contributed by atoms with Gasteiger partial charge < -0.3 is 11.1 Å². The average Bonchev–Trinajstić information content (AvgIpc) is 2.20. The van der Waals surface area contributed by atoms with E-state index in [1.807, 2.05) is 0 Å². The quantitative estimate of drug-likeness (QED) is 0.303. The normalized spacial score (nSPS) is 12.7. The van der Waals surface area contributed by atoms with E-state index in [0.717, 1.165) is 0 Å². The number of halogens is 3. The predicted molar refractivity (Wildman–Crippen MR) is 56.2 cm³/mol. The third-order valence-corrected chi connectivity index (χ3v) is 2.87. The molecular weight excluding hydrogens is 261 g/mol. The van der Waals surface area contributed by atoms with Crippen molar-refractivity contribution >= 4 is 15.8 Å². The van der Waals surface area contributed by atoms with E-state index in [1.165, 1.54) is 0 Å². The first-order valence-electron chi connectivity index (χ1n) is 4.93.